The average molecular weight is 288 g/mol. The fourth-order valence-corrected chi connectivity index (χ4v) is 2.08. The van der Waals surface area contributed by atoms with E-state index in [2.05, 4.69) is 20.6 Å². The van der Waals surface area contributed by atoms with Gasteiger partial charge in [0.2, 0.25) is 5.91 Å². The number of pyridine rings is 2. The molecule has 0 aromatic carbocycles. The van der Waals surface area contributed by atoms with Gasteiger partial charge in [0, 0.05) is 48.7 Å². The van der Waals surface area contributed by atoms with E-state index in [-0.39, 0.29) is 18.6 Å². The highest BCUT2D eigenvalue weighted by Crippen LogP contribution is 2.25. The molecule has 2 aromatic rings. The van der Waals surface area contributed by atoms with Crippen molar-refractivity contribution < 1.29 is 9.90 Å². The summed E-state index contributed by atoms with van der Waals surface area (Å²) in [6, 6.07) is 3.93. The highest BCUT2D eigenvalue weighted by Gasteiger charge is 2.09. The number of nitrogens with zero attached hydrogens (tertiary/aromatic N) is 2. The summed E-state index contributed by atoms with van der Waals surface area (Å²) in [5, 5.41) is 16.9. The fraction of sp³-hybridized carbons (Fsp3) is 0.400. The van der Waals surface area contributed by atoms with Crippen molar-refractivity contribution >= 4 is 28.3 Å². The molecule has 1 amide bonds. The molecule has 0 aliphatic rings. The molecule has 2 aromatic heterocycles. The predicted octanol–water partition coefficient (Wildman–Crippen LogP) is 1.94. The molecule has 0 spiro atoms. The molecular formula is C15H20N4O2. The largest absolute Gasteiger partial charge is 0.396 e. The number of carbonyl (C=O) groups is 1. The van der Waals surface area contributed by atoms with E-state index in [0.717, 1.165) is 22.3 Å². The molecule has 21 heavy (non-hydrogen) atoms. The summed E-state index contributed by atoms with van der Waals surface area (Å²) >= 11 is 0. The molecule has 6 heteroatoms. The van der Waals surface area contributed by atoms with Crippen molar-refractivity contribution in [1.82, 2.24) is 9.97 Å². The second-order valence-corrected chi connectivity index (χ2v) is 5.21. The first-order valence-corrected chi connectivity index (χ1v) is 6.94. The lowest BCUT2D eigenvalue weighted by Gasteiger charge is -2.14. The third-order valence-electron chi connectivity index (χ3n) is 2.86. The zero-order valence-electron chi connectivity index (χ0n) is 12.5. The van der Waals surface area contributed by atoms with Crippen molar-refractivity contribution in [3.63, 3.8) is 0 Å². The molecule has 0 aliphatic carbocycles. The minimum atomic E-state index is -0.162. The van der Waals surface area contributed by atoms with Gasteiger partial charge in [0.15, 0.2) is 0 Å². The maximum Gasteiger partial charge on any atom is 0.222 e. The monoisotopic (exact) mass is 288 g/mol. The summed E-state index contributed by atoms with van der Waals surface area (Å²) in [6.45, 7) is 5.56. The summed E-state index contributed by atoms with van der Waals surface area (Å²) in [4.78, 5) is 19.9. The van der Waals surface area contributed by atoms with Crippen LogP contribution in [0.3, 0.4) is 0 Å². The lowest BCUT2D eigenvalue weighted by molar-refractivity contribution is -0.114. The van der Waals surface area contributed by atoms with Crippen molar-refractivity contribution in [1.29, 1.82) is 0 Å². The second-order valence-electron chi connectivity index (χ2n) is 5.21. The van der Waals surface area contributed by atoms with Crippen LogP contribution in [0.2, 0.25) is 0 Å². The van der Waals surface area contributed by atoms with Gasteiger partial charge < -0.3 is 15.7 Å². The number of rotatable bonds is 5. The molecule has 0 atom stereocenters. The third kappa shape index (κ3) is 3.88. The first kappa shape index (κ1) is 15.2. The maximum absolute atomic E-state index is 11.1. The minimum absolute atomic E-state index is 0.0526. The molecule has 0 aliphatic heterocycles. The Balaban J connectivity index is 2.52. The number of carbonyl (C=O) groups excluding carboxylic acids is 1. The van der Waals surface area contributed by atoms with Crippen molar-refractivity contribution in [2.75, 3.05) is 17.2 Å². The maximum atomic E-state index is 11.1. The van der Waals surface area contributed by atoms with Gasteiger partial charge in [-0.2, -0.15) is 0 Å². The van der Waals surface area contributed by atoms with E-state index in [1.54, 1.807) is 12.3 Å². The number of fused-ring (bicyclic) bond motifs is 1. The quantitative estimate of drug-likeness (QED) is 0.782. The van der Waals surface area contributed by atoms with Crippen molar-refractivity contribution in [3.05, 3.63) is 24.0 Å². The summed E-state index contributed by atoms with van der Waals surface area (Å²) in [7, 11) is 0. The Morgan fingerprint density at radius 2 is 2.14 bits per heavy atom. The lowest BCUT2D eigenvalue weighted by Crippen LogP contribution is -2.13. The van der Waals surface area contributed by atoms with Crippen LogP contribution in [0.15, 0.2) is 18.3 Å². The number of hydrogen-bond acceptors (Lipinski definition) is 5. The minimum Gasteiger partial charge on any atom is -0.396 e. The average Bonchev–Trinajstić information content (AvgIpc) is 2.38. The van der Waals surface area contributed by atoms with Crippen LogP contribution in [-0.2, 0) is 11.2 Å². The van der Waals surface area contributed by atoms with Gasteiger partial charge in [0.25, 0.3) is 0 Å². The Labute approximate surface area is 123 Å². The zero-order chi connectivity index (χ0) is 15.4. The van der Waals surface area contributed by atoms with Gasteiger partial charge in [-0.15, -0.1) is 0 Å². The Morgan fingerprint density at radius 3 is 2.76 bits per heavy atom. The van der Waals surface area contributed by atoms with E-state index in [9.17, 15) is 4.79 Å². The van der Waals surface area contributed by atoms with Gasteiger partial charge in [-0.1, -0.05) is 0 Å². The molecule has 2 heterocycles. The SMILES string of the molecule is CC(=O)Nc1cc2c(NC(C)C)nc(CCO)cc2cn1. The predicted molar refractivity (Wildman–Crippen MR) is 83.4 cm³/mol. The summed E-state index contributed by atoms with van der Waals surface area (Å²) in [5.74, 6) is 1.07. The smallest absolute Gasteiger partial charge is 0.222 e. The highest BCUT2D eigenvalue weighted by molar-refractivity contribution is 5.96. The Hall–Kier alpha value is -2.21. The van der Waals surface area contributed by atoms with Crippen LogP contribution in [0.25, 0.3) is 10.8 Å². The van der Waals surface area contributed by atoms with Crippen molar-refractivity contribution in [2.24, 2.45) is 0 Å². The van der Waals surface area contributed by atoms with Crippen LogP contribution in [0, 0.1) is 0 Å². The first-order chi connectivity index (χ1) is 9.99. The van der Waals surface area contributed by atoms with E-state index in [4.69, 9.17) is 5.11 Å². The van der Waals surface area contributed by atoms with E-state index >= 15 is 0 Å². The summed E-state index contributed by atoms with van der Waals surface area (Å²) < 4.78 is 0. The zero-order valence-corrected chi connectivity index (χ0v) is 12.5. The van der Waals surface area contributed by atoms with Gasteiger partial charge >= 0.3 is 0 Å². The summed E-state index contributed by atoms with van der Waals surface area (Å²) in [6.07, 6.45) is 2.20. The Kier molecular flexibility index (Phi) is 4.70. The van der Waals surface area contributed by atoms with Crippen LogP contribution in [0.1, 0.15) is 26.5 Å². The topological polar surface area (TPSA) is 87.1 Å². The van der Waals surface area contributed by atoms with Crippen LogP contribution < -0.4 is 10.6 Å². The standard InChI is InChI=1S/C15H20N4O2/c1-9(2)17-15-13-7-14(18-10(3)21)16-8-11(13)6-12(19-15)4-5-20/h6-9,20H,4-5H2,1-3H3,(H,17,19)(H,16,18,21). The van der Waals surface area contributed by atoms with E-state index in [1.807, 2.05) is 19.9 Å². The van der Waals surface area contributed by atoms with Gasteiger partial charge in [-0.25, -0.2) is 9.97 Å². The number of aliphatic hydroxyl groups excluding tert-OH is 1. The molecule has 0 bridgehead atoms. The van der Waals surface area contributed by atoms with E-state index in [0.29, 0.717) is 12.2 Å². The third-order valence-corrected chi connectivity index (χ3v) is 2.86. The first-order valence-electron chi connectivity index (χ1n) is 6.94. The van der Waals surface area contributed by atoms with Crippen molar-refractivity contribution in [3.8, 4) is 0 Å². The Morgan fingerprint density at radius 1 is 1.38 bits per heavy atom. The van der Waals surface area contributed by atoms with Crippen LogP contribution in [0.4, 0.5) is 11.6 Å². The van der Waals surface area contributed by atoms with Crippen molar-refractivity contribution in [2.45, 2.75) is 33.2 Å². The lowest BCUT2D eigenvalue weighted by atomic mass is 10.1. The molecule has 2 rings (SSSR count). The van der Waals surface area contributed by atoms with Crippen LogP contribution in [-0.4, -0.2) is 33.6 Å². The number of anilines is 2. The number of aromatic nitrogens is 2. The fourth-order valence-electron chi connectivity index (χ4n) is 2.08. The molecule has 0 saturated heterocycles. The van der Waals surface area contributed by atoms with Crippen LogP contribution in [0.5, 0.6) is 0 Å². The molecule has 3 N–H and O–H groups in total. The van der Waals surface area contributed by atoms with Gasteiger partial charge in [0.1, 0.15) is 11.6 Å². The Bertz CT molecular complexity index is 655. The number of nitrogens with one attached hydrogen (secondary N) is 2. The molecule has 0 saturated carbocycles. The molecule has 6 nitrogen and oxygen atoms in total. The van der Waals surface area contributed by atoms with Gasteiger partial charge in [-0.3, -0.25) is 4.79 Å². The molecule has 0 radical (unpaired) electrons. The van der Waals surface area contributed by atoms with Gasteiger partial charge in [0.05, 0.1) is 0 Å². The molecule has 0 unspecified atom stereocenters. The summed E-state index contributed by atoms with van der Waals surface area (Å²) in [5.41, 5.74) is 0.808. The van der Waals surface area contributed by atoms with E-state index in [1.165, 1.54) is 6.92 Å². The van der Waals surface area contributed by atoms with Crippen LogP contribution >= 0.6 is 0 Å². The number of aliphatic hydroxyl groups is 1. The number of amides is 1. The van der Waals surface area contributed by atoms with Gasteiger partial charge in [-0.05, 0) is 26.0 Å². The normalized spacial score (nSPS) is 10.9. The highest BCUT2D eigenvalue weighted by atomic mass is 16.3. The van der Waals surface area contributed by atoms with E-state index < -0.39 is 0 Å². The molecular weight excluding hydrogens is 268 g/mol. The molecule has 112 valence electrons. The number of hydrogen-bond donors (Lipinski definition) is 3. The molecule has 0 fully saturated rings. The second kappa shape index (κ2) is 6.49.